The highest BCUT2D eigenvalue weighted by atomic mass is 35.5. The van der Waals surface area contributed by atoms with Gasteiger partial charge in [0.25, 0.3) is 0 Å². The topological polar surface area (TPSA) is 18.1 Å². The average molecular weight is 550 g/mol. The van der Waals surface area contributed by atoms with E-state index in [0.717, 1.165) is 54.5 Å². The highest BCUT2D eigenvalue weighted by Gasteiger charge is 2.18. The van der Waals surface area contributed by atoms with Gasteiger partial charge in [0, 0.05) is 42.0 Å². The Morgan fingerprint density at radius 1 is 0.525 bits per heavy atom. The zero-order valence-corrected chi connectivity index (χ0v) is 22.8. The van der Waals surface area contributed by atoms with Crippen molar-refractivity contribution in [3.8, 4) is 16.8 Å². The van der Waals surface area contributed by atoms with Crippen molar-refractivity contribution in [1.82, 2.24) is 4.57 Å². The van der Waals surface area contributed by atoms with Crippen LogP contribution in [0.4, 0.5) is 0 Å². The molecule has 0 saturated carbocycles. The molecule has 0 radical (unpaired) electrons. The lowest BCUT2D eigenvalue weighted by atomic mass is 10.0. The van der Waals surface area contributed by atoms with Crippen LogP contribution in [0, 0.1) is 0 Å². The van der Waals surface area contributed by atoms with Gasteiger partial charge in [-0.25, -0.2) is 0 Å². The summed E-state index contributed by atoms with van der Waals surface area (Å²) < 4.78 is 11.2. The molecule has 3 heterocycles. The van der Waals surface area contributed by atoms with Crippen molar-refractivity contribution >= 4 is 86.9 Å². The third kappa shape index (κ3) is 3.10. The second-order valence-electron chi connectivity index (χ2n) is 10.3. The number of furan rings is 1. The fraction of sp³-hybridized carbons (Fsp3) is 0. The van der Waals surface area contributed by atoms with E-state index in [4.69, 9.17) is 16.0 Å². The van der Waals surface area contributed by atoms with Crippen LogP contribution >= 0.6 is 22.9 Å². The first-order chi connectivity index (χ1) is 19.7. The molecule has 9 aromatic rings. The van der Waals surface area contributed by atoms with Gasteiger partial charge in [-0.05, 0) is 71.8 Å². The van der Waals surface area contributed by atoms with Crippen LogP contribution in [0.1, 0.15) is 0 Å². The zero-order chi connectivity index (χ0) is 26.4. The molecule has 2 nitrogen and oxygen atoms in total. The molecule has 3 aromatic heterocycles. The smallest absolute Gasteiger partial charge is 0.136 e. The van der Waals surface area contributed by atoms with E-state index in [-0.39, 0.29) is 0 Å². The van der Waals surface area contributed by atoms with Gasteiger partial charge >= 0.3 is 0 Å². The van der Waals surface area contributed by atoms with E-state index in [1.54, 1.807) is 0 Å². The van der Waals surface area contributed by atoms with Gasteiger partial charge in [0.15, 0.2) is 0 Å². The van der Waals surface area contributed by atoms with Gasteiger partial charge in [0.05, 0.1) is 21.4 Å². The lowest BCUT2D eigenvalue weighted by molar-refractivity contribution is 0.669. The van der Waals surface area contributed by atoms with Crippen LogP contribution in [0.25, 0.3) is 80.7 Å². The summed E-state index contributed by atoms with van der Waals surface area (Å²) in [5.74, 6) is 0. The Morgan fingerprint density at radius 2 is 1.23 bits per heavy atom. The molecule has 9 rings (SSSR count). The predicted molar refractivity (Wildman–Crippen MR) is 171 cm³/mol. The van der Waals surface area contributed by atoms with Gasteiger partial charge in [-0.3, -0.25) is 0 Å². The van der Waals surface area contributed by atoms with Gasteiger partial charge in [-0.1, -0.05) is 72.3 Å². The Morgan fingerprint density at radius 3 is 2.15 bits per heavy atom. The van der Waals surface area contributed by atoms with Crippen LogP contribution in [0.2, 0.25) is 5.02 Å². The second-order valence-corrected chi connectivity index (χ2v) is 11.8. The van der Waals surface area contributed by atoms with E-state index < -0.39 is 0 Å². The number of nitrogens with zero attached hydrogens (tertiary/aromatic N) is 1. The van der Waals surface area contributed by atoms with Crippen molar-refractivity contribution in [2.24, 2.45) is 0 Å². The molecule has 4 heteroatoms. The molecule has 0 bridgehead atoms. The van der Waals surface area contributed by atoms with Crippen LogP contribution in [-0.4, -0.2) is 4.57 Å². The number of hydrogen-bond acceptors (Lipinski definition) is 2. The summed E-state index contributed by atoms with van der Waals surface area (Å²) in [7, 11) is 0. The molecule has 0 spiro atoms. The number of aromatic nitrogens is 1. The minimum Gasteiger partial charge on any atom is -0.456 e. The van der Waals surface area contributed by atoms with Crippen molar-refractivity contribution in [1.29, 1.82) is 0 Å². The molecular formula is C36H20ClNOS. The Balaban J connectivity index is 1.31. The molecule has 188 valence electrons. The Labute approximate surface area is 238 Å². The first kappa shape index (κ1) is 22.3. The van der Waals surface area contributed by atoms with Crippen LogP contribution in [0.3, 0.4) is 0 Å². The Kier molecular flexibility index (Phi) is 4.57. The van der Waals surface area contributed by atoms with E-state index >= 15 is 0 Å². The van der Waals surface area contributed by atoms with Crippen molar-refractivity contribution in [3.05, 3.63) is 126 Å². The molecule has 6 aromatic carbocycles. The minimum absolute atomic E-state index is 0.737. The summed E-state index contributed by atoms with van der Waals surface area (Å²) in [5.41, 5.74) is 7.60. The van der Waals surface area contributed by atoms with E-state index in [1.807, 2.05) is 29.5 Å². The lowest BCUT2D eigenvalue weighted by Crippen LogP contribution is -1.93. The number of benzene rings is 6. The zero-order valence-electron chi connectivity index (χ0n) is 21.2. The monoisotopic (exact) mass is 549 g/mol. The maximum Gasteiger partial charge on any atom is 0.136 e. The molecular weight excluding hydrogens is 530 g/mol. The number of halogens is 1. The number of fused-ring (bicyclic) bond motifs is 9. The second kappa shape index (κ2) is 8.22. The molecule has 0 aliphatic heterocycles. The summed E-state index contributed by atoms with van der Waals surface area (Å²) >= 11 is 8.42. The van der Waals surface area contributed by atoms with E-state index in [1.165, 1.54) is 31.2 Å². The number of thiophene rings is 1. The Bertz CT molecular complexity index is 2460. The molecule has 0 atom stereocenters. The summed E-state index contributed by atoms with van der Waals surface area (Å²) in [4.78, 5) is 0. The van der Waals surface area contributed by atoms with Crippen LogP contribution in [-0.2, 0) is 0 Å². The van der Waals surface area contributed by atoms with E-state index in [2.05, 4.69) is 108 Å². The number of para-hydroxylation sites is 1. The number of rotatable bonds is 2. The van der Waals surface area contributed by atoms with Gasteiger partial charge in [0.1, 0.15) is 11.2 Å². The summed E-state index contributed by atoms with van der Waals surface area (Å²) in [6.45, 7) is 0. The van der Waals surface area contributed by atoms with Gasteiger partial charge in [0.2, 0.25) is 0 Å². The van der Waals surface area contributed by atoms with Crippen LogP contribution in [0.15, 0.2) is 126 Å². The SMILES string of the molecule is Clc1ccc2c(c1)c1cc(-c3ccc4c(c3)oc3ccccc34)ccc1n2-c1cccc2c1sc1ccccc12. The van der Waals surface area contributed by atoms with Crippen molar-refractivity contribution in [2.75, 3.05) is 0 Å². The van der Waals surface area contributed by atoms with Crippen LogP contribution < -0.4 is 0 Å². The average Bonchev–Trinajstić information content (AvgIpc) is 3.66. The standard InChI is InChI=1S/C36H20ClNOS/c37-23-14-17-31-29(20-23)28-18-21(22-12-15-25-24-6-1-3-10-33(24)39-34(25)19-22)13-16-30(28)38(31)32-9-5-8-27-26-7-2-4-11-35(26)40-36(27)32/h1-20H. The van der Waals surface area contributed by atoms with Crippen molar-refractivity contribution in [2.45, 2.75) is 0 Å². The van der Waals surface area contributed by atoms with Gasteiger partial charge in [-0.2, -0.15) is 0 Å². The lowest BCUT2D eigenvalue weighted by Gasteiger charge is -2.10. The maximum atomic E-state index is 6.56. The molecule has 0 N–H and O–H groups in total. The summed E-state index contributed by atoms with van der Waals surface area (Å²) in [6.07, 6.45) is 0. The predicted octanol–water partition coefficient (Wildman–Crippen LogP) is 11.4. The largest absolute Gasteiger partial charge is 0.456 e. The first-order valence-electron chi connectivity index (χ1n) is 13.3. The quantitative estimate of drug-likeness (QED) is 0.210. The fourth-order valence-electron chi connectivity index (χ4n) is 6.25. The minimum atomic E-state index is 0.737. The van der Waals surface area contributed by atoms with E-state index in [9.17, 15) is 0 Å². The third-order valence-electron chi connectivity index (χ3n) is 8.06. The van der Waals surface area contributed by atoms with E-state index in [0.29, 0.717) is 0 Å². The molecule has 40 heavy (non-hydrogen) atoms. The normalized spacial score (nSPS) is 12.1. The summed E-state index contributed by atoms with van der Waals surface area (Å²) in [6, 6.07) is 43.0. The third-order valence-corrected chi connectivity index (χ3v) is 9.51. The van der Waals surface area contributed by atoms with Crippen LogP contribution in [0.5, 0.6) is 0 Å². The van der Waals surface area contributed by atoms with Gasteiger partial charge < -0.3 is 8.98 Å². The highest BCUT2D eigenvalue weighted by molar-refractivity contribution is 7.26. The number of hydrogen-bond donors (Lipinski definition) is 0. The molecule has 0 saturated heterocycles. The molecule has 0 aliphatic carbocycles. The van der Waals surface area contributed by atoms with Crippen molar-refractivity contribution < 1.29 is 4.42 Å². The van der Waals surface area contributed by atoms with Crippen molar-refractivity contribution in [3.63, 3.8) is 0 Å². The molecule has 0 unspecified atom stereocenters. The highest BCUT2D eigenvalue weighted by Crippen LogP contribution is 2.42. The fourth-order valence-corrected chi connectivity index (χ4v) is 7.63. The van der Waals surface area contributed by atoms with Gasteiger partial charge in [-0.15, -0.1) is 11.3 Å². The molecule has 0 amide bonds. The molecule has 0 aliphatic rings. The molecule has 0 fully saturated rings. The Hall–Kier alpha value is -4.57. The summed E-state index contributed by atoms with van der Waals surface area (Å²) in [5, 5.41) is 7.94. The maximum absolute atomic E-state index is 6.56. The first-order valence-corrected chi connectivity index (χ1v) is 14.5.